The summed E-state index contributed by atoms with van der Waals surface area (Å²) >= 11 is 0. The molecule has 88 valence electrons. The van der Waals surface area contributed by atoms with Crippen LogP contribution in [0.3, 0.4) is 0 Å². The summed E-state index contributed by atoms with van der Waals surface area (Å²) in [5.41, 5.74) is 4.21. The second kappa shape index (κ2) is 5.67. The molecule has 0 radical (unpaired) electrons. The van der Waals surface area contributed by atoms with Gasteiger partial charge < -0.3 is 0 Å². The molecule has 0 heteroatoms. The van der Waals surface area contributed by atoms with Crippen LogP contribution < -0.4 is 0 Å². The first-order chi connectivity index (χ1) is 8.24. The number of hydrogen-bond donors (Lipinski definition) is 0. The molecule has 0 aromatic heterocycles. The van der Waals surface area contributed by atoms with E-state index in [2.05, 4.69) is 68.4 Å². The van der Waals surface area contributed by atoms with Crippen LogP contribution in [0.4, 0.5) is 0 Å². The molecule has 0 heterocycles. The molecule has 17 heavy (non-hydrogen) atoms. The minimum Gasteiger partial charge on any atom is -0.0625 e. The molecule has 0 nitrogen and oxygen atoms in total. The first-order valence-electron chi connectivity index (χ1n) is 6.36. The Morgan fingerprint density at radius 3 is 1.82 bits per heavy atom. The van der Waals surface area contributed by atoms with E-state index in [1.165, 1.54) is 23.1 Å². The maximum Gasteiger partial charge on any atom is -0.00258 e. The van der Waals surface area contributed by atoms with E-state index in [1.807, 2.05) is 0 Å². The third-order valence-electron chi connectivity index (χ3n) is 2.92. The highest BCUT2D eigenvalue weighted by molar-refractivity contribution is 5.28. The van der Waals surface area contributed by atoms with Gasteiger partial charge >= 0.3 is 0 Å². The second-order valence-electron chi connectivity index (χ2n) is 5.08. The van der Waals surface area contributed by atoms with E-state index in [0.29, 0.717) is 0 Å². The first kappa shape index (κ1) is 11.9. The van der Waals surface area contributed by atoms with E-state index in [1.54, 1.807) is 0 Å². The van der Waals surface area contributed by atoms with Gasteiger partial charge in [-0.2, -0.15) is 0 Å². The average Bonchev–Trinajstić information content (AvgIpc) is 2.32. The van der Waals surface area contributed by atoms with E-state index >= 15 is 0 Å². The smallest absolute Gasteiger partial charge is 0.00258 e. The highest BCUT2D eigenvalue weighted by Crippen LogP contribution is 2.13. The van der Waals surface area contributed by atoms with Crippen molar-refractivity contribution >= 4 is 0 Å². The molecule has 0 aliphatic rings. The van der Waals surface area contributed by atoms with Crippen molar-refractivity contribution in [2.45, 2.75) is 26.7 Å². The van der Waals surface area contributed by atoms with Gasteiger partial charge in [-0.25, -0.2) is 0 Å². The summed E-state index contributed by atoms with van der Waals surface area (Å²) in [4.78, 5) is 0. The Balaban J connectivity index is 2.03. The lowest BCUT2D eigenvalue weighted by atomic mass is 9.99. The van der Waals surface area contributed by atoms with Crippen LogP contribution in [0.5, 0.6) is 0 Å². The summed E-state index contributed by atoms with van der Waals surface area (Å²) in [5, 5.41) is 0. The molecule has 0 N–H and O–H groups in total. The maximum atomic E-state index is 2.26. The molecule has 0 fully saturated rings. The van der Waals surface area contributed by atoms with E-state index < -0.39 is 0 Å². The Kier molecular flexibility index (Phi) is 3.98. The van der Waals surface area contributed by atoms with Gasteiger partial charge in [0.25, 0.3) is 0 Å². The van der Waals surface area contributed by atoms with Crippen LogP contribution in [0.15, 0.2) is 54.6 Å². The lowest BCUT2D eigenvalue weighted by Gasteiger charge is -2.06. The van der Waals surface area contributed by atoms with Gasteiger partial charge in [0.05, 0.1) is 0 Å². The summed E-state index contributed by atoms with van der Waals surface area (Å²) < 4.78 is 0. The fraction of sp³-hybridized carbons (Fsp3) is 0.294. The van der Waals surface area contributed by atoms with Gasteiger partial charge in [-0.05, 0) is 35.4 Å². The minimum absolute atomic E-state index is 0.731. The van der Waals surface area contributed by atoms with Crippen LogP contribution >= 0.6 is 0 Å². The van der Waals surface area contributed by atoms with Crippen LogP contribution in [0.25, 0.3) is 0 Å². The molecule has 2 rings (SSSR count). The first-order valence-corrected chi connectivity index (χ1v) is 6.36. The second-order valence-corrected chi connectivity index (χ2v) is 5.08. The molecule has 0 aliphatic heterocycles. The molecule has 0 atom stereocenters. The lowest BCUT2D eigenvalue weighted by molar-refractivity contribution is 0.647. The fourth-order valence-electron chi connectivity index (χ4n) is 2.10. The van der Waals surface area contributed by atoms with Gasteiger partial charge in [0.1, 0.15) is 0 Å². The van der Waals surface area contributed by atoms with Crippen LogP contribution in [0.1, 0.15) is 30.5 Å². The number of hydrogen-bond acceptors (Lipinski definition) is 0. The third kappa shape index (κ3) is 3.74. The van der Waals surface area contributed by atoms with E-state index in [-0.39, 0.29) is 0 Å². The zero-order valence-electron chi connectivity index (χ0n) is 10.7. The van der Waals surface area contributed by atoms with Gasteiger partial charge in [0, 0.05) is 0 Å². The largest absolute Gasteiger partial charge is 0.0625 e. The molecule has 2 aromatic rings. The number of benzene rings is 2. The predicted octanol–water partition coefficient (Wildman–Crippen LogP) is 4.48. The molecule has 0 saturated heterocycles. The standard InChI is InChI=1S/C17H20/c1-14(2)12-16-8-10-17(11-9-16)13-15-6-4-3-5-7-15/h3-11,14H,12-13H2,1-2H3. The Morgan fingerprint density at radius 1 is 0.706 bits per heavy atom. The molecular formula is C17H20. The molecule has 0 aliphatic carbocycles. The zero-order chi connectivity index (χ0) is 12.1. The van der Waals surface area contributed by atoms with Gasteiger partial charge in [-0.3, -0.25) is 0 Å². The van der Waals surface area contributed by atoms with E-state index in [9.17, 15) is 0 Å². The normalized spacial score (nSPS) is 10.8. The molecular weight excluding hydrogens is 204 g/mol. The van der Waals surface area contributed by atoms with Crippen LogP contribution in [-0.4, -0.2) is 0 Å². The Hall–Kier alpha value is -1.56. The minimum atomic E-state index is 0.731. The summed E-state index contributed by atoms with van der Waals surface area (Å²) in [7, 11) is 0. The van der Waals surface area contributed by atoms with Crippen molar-refractivity contribution in [2.75, 3.05) is 0 Å². The van der Waals surface area contributed by atoms with Crippen molar-refractivity contribution in [2.24, 2.45) is 5.92 Å². The van der Waals surface area contributed by atoms with Crippen molar-refractivity contribution in [3.05, 3.63) is 71.3 Å². The third-order valence-corrected chi connectivity index (χ3v) is 2.92. The van der Waals surface area contributed by atoms with Gasteiger partial charge in [0.15, 0.2) is 0 Å². The summed E-state index contributed by atoms with van der Waals surface area (Å²) in [5.74, 6) is 0.731. The van der Waals surface area contributed by atoms with Crippen molar-refractivity contribution in [3.63, 3.8) is 0 Å². The van der Waals surface area contributed by atoms with E-state index in [4.69, 9.17) is 0 Å². The summed E-state index contributed by atoms with van der Waals surface area (Å²) in [6, 6.07) is 19.7. The van der Waals surface area contributed by atoms with Crippen molar-refractivity contribution in [3.8, 4) is 0 Å². The van der Waals surface area contributed by atoms with Crippen molar-refractivity contribution in [1.29, 1.82) is 0 Å². The molecule has 0 unspecified atom stereocenters. The average molecular weight is 224 g/mol. The highest BCUT2D eigenvalue weighted by atomic mass is 14.0. The van der Waals surface area contributed by atoms with Crippen molar-refractivity contribution < 1.29 is 0 Å². The Morgan fingerprint density at radius 2 is 1.24 bits per heavy atom. The molecule has 0 saturated carbocycles. The number of rotatable bonds is 4. The van der Waals surface area contributed by atoms with Gasteiger partial charge in [-0.1, -0.05) is 68.4 Å². The summed E-state index contributed by atoms with van der Waals surface area (Å²) in [6.45, 7) is 4.52. The van der Waals surface area contributed by atoms with Crippen molar-refractivity contribution in [1.82, 2.24) is 0 Å². The topological polar surface area (TPSA) is 0 Å². The lowest BCUT2D eigenvalue weighted by Crippen LogP contribution is -1.94. The van der Waals surface area contributed by atoms with Crippen LogP contribution in [0, 0.1) is 5.92 Å². The SMILES string of the molecule is CC(C)Cc1ccc(Cc2ccccc2)cc1. The van der Waals surface area contributed by atoms with E-state index in [0.717, 1.165) is 12.3 Å². The zero-order valence-corrected chi connectivity index (χ0v) is 10.7. The predicted molar refractivity (Wildman–Crippen MR) is 74.2 cm³/mol. The maximum absolute atomic E-state index is 2.26. The highest BCUT2D eigenvalue weighted by Gasteiger charge is 1.99. The molecule has 2 aromatic carbocycles. The van der Waals surface area contributed by atoms with Crippen LogP contribution in [-0.2, 0) is 12.8 Å². The van der Waals surface area contributed by atoms with Gasteiger partial charge in [0.2, 0.25) is 0 Å². The Bertz CT molecular complexity index is 437. The Labute approximate surface area is 104 Å². The van der Waals surface area contributed by atoms with Crippen LogP contribution in [0.2, 0.25) is 0 Å². The monoisotopic (exact) mass is 224 g/mol. The summed E-state index contributed by atoms with van der Waals surface area (Å²) in [6.07, 6.45) is 2.20. The molecule has 0 amide bonds. The molecule has 0 bridgehead atoms. The van der Waals surface area contributed by atoms with Gasteiger partial charge in [-0.15, -0.1) is 0 Å². The molecule has 0 spiro atoms. The fourth-order valence-corrected chi connectivity index (χ4v) is 2.10. The quantitative estimate of drug-likeness (QED) is 0.718.